The van der Waals surface area contributed by atoms with E-state index in [4.69, 9.17) is 4.74 Å². The van der Waals surface area contributed by atoms with Gasteiger partial charge in [-0.3, -0.25) is 0 Å². The Morgan fingerprint density at radius 1 is 1.32 bits per heavy atom. The van der Waals surface area contributed by atoms with Crippen molar-refractivity contribution < 1.29 is 4.74 Å². The molecule has 1 aliphatic rings. The number of hydrogen-bond donors (Lipinski definition) is 1. The lowest BCUT2D eigenvalue weighted by Gasteiger charge is -2.17. The molecule has 0 saturated heterocycles. The van der Waals surface area contributed by atoms with E-state index in [1.807, 2.05) is 12.3 Å². The molecule has 0 bridgehead atoms. The molecule has 1 saturated carbocycles. The predicted octanol–water partition coefficient (Wildman–Crippen LogP) is 3.30. The minimum absolute atomic E-state index is 0.323. The number of methoxy groups -OCH3 is 1. The first-order valence-electron chi connectivity index (χ1n) is 6.94. The van der Waals surface area contributed by atoms with E-state index >= 15 is 0 Å². The van der Waals surface area contributed by atoms with Crippen LogP contribution in [-0.4, -0.2) is 18.6 Å². The average molecular weight is 256 g/mol. The van der Waals surface area contributed by atoms with Crippen molar-refractivity contribution in [2.24, 2.45) is 5.92 Å². The van der Waals surface area contributed by atoms with E-state index in [2.05, 4.69) is 35.4 Å². The summed E-state index contributed by atoms with van der Waals surface area (Å²) in [5.41, 5.74) is 1.25. The minimum Gasteiger partial charge on any atom is -0.481 e. The Morgan fingerprint density at radius 2 is 2.05 bits per heavy atom. The quantitative estimate of drug-likeness (QED) is 0.891. The molecule has 1 aliphatic carbocycles. The van der Waals surface area contributed by atoms with Gasteiger partial charge in [-0.2, -0.15) is 0 Å². The maximum atomic E-state index is 5.34. The van der Waals surface area contributed by atoms with Gasteiger partial charge in [0.05, 0.1) is 7.11 Å². The lowest BCUT2D eigenvalue weighted by molar-refractivity contribution is 0.403. The summed E-state index contributed by atoms with van der Waals surface area (Å²) < 4.78 is 5.34. The number of ether oxygens (including phenoxy) is 1. The number of benzene rings is 1. The Morgan fingerprint density at radius 3 is 2.74 bits per heavy atom. The molecule has 1 aromatic heterocycles. The topological polar surface area (TPSA) is 34.1 Å². The number of aromatic nitrogens is 1. The second-order valence-electron chi connectivity index (χ2n) is 5.34. The molecule has 1 heterocycles. The Labute approximate surface area is 114 Å². The third-order valence-corrected chi connectivity index (χ3v) is 3.86. The van der Waals surface area contributed by atoms with E-state index in [9.17, 15) is 0 Å². The predicted molar refractivity (Wildman–Crippen MR) is 77.4 cm³/mol. The van der Waals surface area contributed by atoms with Gasteiger partial charge >= 0.3 is 0 Å². The van der Waals surface area contributed by atoms with Gasteiger partial charge in [0.15, 0.2) is 0 Å². The summed E-state index contributed by atoms with van der Waals surface area (Å²) in [5, 5.41) is 5.92. The number of rotatable bonds is 5. The minimum atomic E-state index is 0.323. The van der Waals surface area contributed by atoms with E-state index < -0.39 is 0 Å². The van der Waals surface area contributed by atoms with Crippen molar-refractivity contribution in [3.63, 3.8) is 0 Å². The summed E-state index contributed by atoms with van der Waals surface area (Å²) in [6.45, 7) is 3.32. The highest BCUT2D eigenvalue weighted by atomic mass is 16.5. The van der Waals surface area contributed by atoms with Gasteiger partial charge < -0.3 is 10.1 Å². The highest BCUT2D eigenvalue weighted by Crippen LogP contribution is 2.31. The highest BCUT2D eigenvalue weighted by molar-refractivity contribution is 5.89. The first-order valence-corrected chi connectivity index (χ1v) is 6.94. The second-order valence-corrected chi connectivity index (χ2v) is 5.34. The third kappa shape index (κ3) is 2.56. The van der Waals surface area contributed by atoms with E-state index in [0.717, 1.165) is 17.8 Å². The van der Waals surface area contributed by atoms with Crippen molar-refractivity contribution >= 4 is 10.8 Å². The van der Waals surface area contributed by atoms with Crippen LogP contribution in [0.5, 0.6) is 5.88 Å². The average Bonchev–Trinajstić information content (AvgIpc) is 3.27. The highest BCUT2D eigenvalue weighted by Gasteiger charge is 2.22. The van der Waals surface area contributed by atoms with Crippen molar-refractivity contribution in [3.05, 3.63) is 36.0 Å². The van der Waals surface area contributed by atoms with Crippen molar-refractivity contribution in [2.75, 3.05) is 13.7 Å². The lowest BCUT2D eigenvalue weighted by Crippen LogP contribution is -2.21. The summed E-state index contributed by atoms with van der Waals surface area (Å²) in [6.07, 6.45) is 4.69. The van der Waals surface area contributed by atoms with Gasteiger partial charge in [-0.1, -0.05) is 18.2 Å². The standard InChI is InChI=1S/C16H20N2O/c1-11(17-9-12-7-8-12)15-10-18-16(19-2)14-6-4-3-5-13(14)15/h3-6,10-12,17H,7-9H2,1-2H3. The van der Waals surface area contributed by atoms with Gasteiger partial charge in [0.25, 0.3) is 0 Å². The Hall–Kier alpha value is -1.61. The van der Waals surface area contributed by atoms with E-state index in [1.54, 1.807) is 7.11 Å². The number of pyridine rings is 1. The number of fused-ring (bicyclic) bond motifs is 1. The van der Waals surface area contributed by atoms with Crippen molar-refractivity contribution in [1.29, 1.82) is 0 Å². The van der Waals surface area contributed by atoms with Crippen LogP contribution in [0.3, 0.4) is 0 Å². The molecule has 1 fully saturated rings. The second kappa shape index (κ2) is 5.17. The summed E-state index contributed by atoms with van der Waals surface area (Å²) >= 11 is 0. The van der Waals surface area contributed by atoms with Gasteiger partial charge in [0.1, 0.15) is 0 Å². The van der Waals surface area contributed by atoms with E-state index in [0.29, 0.717) is 11.9 Å². The normalized spacial score (nSPS) is 16.5. The van der Waals surface area contributed by atoms with Crippen LogP contribution in [0.25, 0.3) is 10.8 Å². The maximum absolute atomic E-state index is 5.34. The fraction of sp³-hybridized carbons (Fsp3) is 0.438. The molecule has 1 atom stereocenters. The Balaban J connectivity index is 1.93. The Bertz CT molecular complexity index is 578. The smallest absolute Gasteiger partial charge is 0.221 e. The summed E-state index contributed by atoms with van der Waals surface area (Å²) in [6, 6.07) is 8.63. The molecule has 100 valence electrons. The van der Waals surface area contributed by atoms with Crippen LogP contribution in [0.1, 0.15) is 31.4 Å². The summed E-state index contributed by atoms with van der Waals surface area (Å²) in [7, 11) is 1.67. The van der Waals surface area contributed by atoms with Crippen LogP contribution in [0.4, 0.5) is 0 Å². The van der Waals surface area contributed by atoms with Gasteiger partial charge in [0.2, 0.25) is 5.88 Å². The molecule has 0 radical (unpaired) electrons. The number of nitrogens with zero attached hydrogens (tertiary/aromatic N) is 1. The molecule has 19 heavy (non-hydrogen) atoms. The van der Waals surface area contributed by atoms with Crippen molar-refractivity contribution in [1.82, 2.24) is 10.3 Å². The summed E-state index contributed by atoms with van der Waals surface area (Å²) in [4.78, 5) is 4.43. The van der Waals surface area contributed by atoms with Gasteiger partial charge in [-0.05, 0) is 49.2 Å². The number of hydrogen-bond acceptors (Lipinski definition) is 3. The van der Waals surface area contributed by atoms with Gasteiger partial charge in [-0.25, -0.2) is 4.98 Å². The molecule has 0 aliphatic heterocycles. The van der Waals surface area contributed by atoms with E-state index in [-0.39, 0.29) is 0 Å². The van der Waals surface area contributed by atoms with Crippen LogP contribution in [0.15, 0.2) is 30.5 Å². The molecule has 3 heteroatoms. The molecule has 3 nitrogen and oxygen atoms in total. The molecule has 1 N–H and O–H groups in total. The zero-order valence-corrected chi connectivity index (χ0v) is 11.5. The van der Waals surface area contributed by atoms with Crippen molar-refractivity contribution in [3.8, 4) is 5.88 Å². The largest absolute Gasteiger partial charge is 0.481 e. The summed E-state index contributed by atoms with van der Waals surface area (Å²) in [5.74, 6) is 1.59. The van der Waals surface area contributed by atoms with Crippen LogP contribution in [0.2, 0.25) is 0 Å². The zero-order valence-electron chi connectivity index (χ0n) is 11.5. The molecular formula is C16H20N2O. The van der Waals surface area contributed by atoms with Crippen LogP contribution in [0, 0.1) is 5.92 Å². The van der Waals surface area contributed by atoms with Crippen LogP contribution >= 0.6 is 0 Å². The van der Waals surface area contributed by atoms with E-state index in [1.165, 1.54) is 23.8 Å². The monoisotopic (exact) mass is 256 g/mol. The SMILES string of the molecule is COc1ncc(C(C)NCC2CC2)c2ccccc12. The zero-order chi connectivity index (χ0) is 13.2. The maximum Gasteiger partial charge on any atom is 0.221 e. The first-order chi connectivity index (χ1) is 9.29. The third-order valence-electron chi connectivity index (χ3n) is 3.86. The van der Waals surface area contributed by atoms with Crippen LogP contribution < -0.4 is 10.1 Å². The molecule has 0 amide bonds. The fourth-order valence-electron chi connectivity index (χ4n) is 2.47. The van der Waals surface area contributed by atoms with Crippen molar-refractivity contribution in [2.45, 2.75) is 25.8 Å². The molecule has 1 unspecified atom stereocenters. The van der Waals surface area contributed by atoms with Gasteiger partial charge in [-0.15, -0.1) is 0 Å². The number of nitrogens with one attached hydrogen (secondary N) is 1. The fourth-order valence-corrected chi connectivity index (χ4v) is 2.47. The molecular weight excluding hydrogens is 236 g/mol. The molecule has 2 aromatic rings. The first kappa shape index (κ1) is 12.4. The molecule has 1 aromatic carbocycles. The Kier molecular flexibility index (Phi) is 3.38. The lowest BCUT2D eigenvalue weighted by atomic mass is 10.0. The molecule has 3 rings (SSSR count). The van der Waals surface area contributed by atoms with Gasteiger partial charge in [0, 0.05) is 17.6 Å². The molecule has 0 spiro atoms. The van der Waals surface area contributed by atoms with Crippen LogP contribution in [-0.2, 0) is 0 Å².